The van der Waals surface area contributed by atoms with E-state index in [1.54, 1.807) is 13.1 Å². The molecule has 0 saturated carbocycles. The standard InChI is InChI=1S/C9H14N2O2S/c1-6-7(10)5-8(14-6)9(13)11(2)3-4-12/h5,12H,3-4,10H2,1-2H3. The van der Waals surface area contributed by atoms with Crippen molar-refractivity contribution in [2.75, 3.05) is 25.9 Å². The monoisotopic (exact) mass is 214 g/mol. The van der Waals surface area contributed by atoms with Gasteiger partial charge in [-0.25, -0.2) is 0 Å². The largest absolute Gasteiger partial charge is 0.398 e. The number of likely N-dealkylation sites (N-methyl/N-ethyl adjacent to an activating group) is 1. The summed E-state index contributed by atoms with van der Waals surface area (Å²) in [6.07, 6.45) is 0. The number of aliphatic hydroxyl groups excluding tert-OH is 1. The summed E-state index contributed by atoms with van der Waals surface area (Å²) in [6.45, 7) is 2.20. The number of nitrogens with two attached hydrogens (primary N) is 1. The highest BCUT2D eigenvalue weighted by Gasteiger charge is 2.14. The molecule has 1 rings (SSSR count). The van der Waals surface area contributed by atoms with Crippen LogP contribution in [0.5, 0.6) is 0 Å². The lowest BCUT2D eigenvalue weighted by Gasteiger charge is -2.13. The molecule has 0 aliphatic carbocycles. The van der Waals surface area contributed by atoms with Gasteiger partial charge in [0, 0.05) is 24.2 Å². The molecule has 4 nitrogen and oxygen atoms in total. The first-order valence-corrected chi connectivity index (χ1v) is 5.10. The van der Waals surface area contributed by atoms with Crippen LogP contribution < -0.4 is 5.73 Å². The summed E-state index contributed by atoms with van der Waals surface area (Å²) in [5.74, 6) is -0.0937. The average Bonchev–Trinajstić information content (AvgIpc) is 2.46. The number of nitrogen functional groups attached to an aromatic ring is 1. The third-order valence-corrected chi connectivity index (χ3v) is 3.00. The van der Waals surface area contributed by atoms with Crippen LogP contribution in [0.1, 0.15) is 14.5 Å². The lowest BCUT2D eigenvalue weighted by atomic mass is 10.3. The predicted molar refractivity (Wildman–Crippen MR) is 57.5 cm³/mol. The fourth-order valence-corrected chi connectivity index (χ4v) is 1.98. The molecular formula is C9H14N2O2S. The third-order valence-electron chi connectivity index (χ3n) is 1.95. The zero-order valence-electron chi connectivity index (χ0n) is 8.28. The van der Waals surface area contributed by atoms with E-state index in [4.69, 9.17) is 10.8 Å². The van der Waals surface area contributed by atoms with Gasteiger partial charge in [-0.05, 0) is 13.0 Å². The van der Waals surface area contributed by atoms with Gasteiger partial charge in [-0.2, -0.15) is 0 Å². The first-order valence-electron chi connectivity index (χ1n) is 4.28. The van der Waals surface area contributed by atoms with Crippen LogP contribution in [0.15, 0.2) is 6.07 Å². The van der Waals surface area contributed by atoms with Gasteiger partial charge >= 0.3 is 0 Å². The zero-order valence-corrected chi connectivity index (χ0v) is 9.10. The summed E-state index contributed by atoms with van der Waals surface area (Å²) in [5, 5.41) is 8.68. The van der Waals surface area contributed by atoms with Crippen molar-refractivity contribution < 1.29 is 9.90 Å². The number of carbonyl (C=O) groups is 1. The molecule has 0 fully saturated rings. The molecule has 1 amide bonds. The first kappa shape index (κ1) is 11.0. The summed E-state index contributed by atoms with van der Waals surface area (Å²) in [5.41, 5.74) is 6.29. The van der Waals surface area contributed by atoms with Gasteiger partial charge < -0.3 is 15.7 Å². The summed E-state index contributed by atoms with van der Waals surface area (Å²) >= 11 is 1.38. The highest BCUT2D eigenvalue weighted by Crippen LogP contribution is 2.24. The van der Waals surface area contributed by atoms with E-state index >= 15 is 0 Å². The molecule has 0 spiro atoms. The highest BCUT2D eigenvalue weighted by molar-refractivity contribution is 7.14. The SMILES string of the molecule is Cc1sc(C(=O)N(C)CCO)cc1N. The number of hydrogen-bond donors (Lipinski definition) is 2. The van der Waals surface area contributed by atoms with Crippen molar-refractivity contribution in [3.63, 3.8) is 0 Å². The average molecular weight is 214 g/mol. The van der Waals surface area contributed by atoms with E-state index in [0.29, 0.717) is 17.1 Å². The number of aliphatic hydroxyl groups is 1. The second kappa shape index (κ2) is 4.43. The fourth-order valence-electron chi connectivity index (χ4n) is 1.04. The van der Waals surface area contributed by atoms with E-state index in [1.165, 1.54) is 16.2 Å². The smallest absolute Gasteiger partial charge is 0.263 e. The van der Waals surface area contributed by atoms with Crippen molar-refractivity contribution in [3.8, 4) is 0 Å². The summed E-state index contributed by atoms with van der Waals surface area (Å²) in [7, 11) is 1.66. The number of rotatable bonds is 3. The highest BCUT2D eigenvalue weighted by atomic mass is 32.1. The quantitative estimate of drug-likeness (QED) is 0.778. The fraction of sp³-hybridized carbons (Fsp3) is 0.444. The van der Waals surface area contributed by atoms with Crippen LogP contribution >= 0.6 is 11.3 Å². The van der Waals surface area contributed by atoms with Crippen LogP contribution in [0.3, 0.4) is 0 Å². The van der Waals surface area contributed by atoms with Crippen molar-refractivity contribution >= 4 is 22.9 Å². The molecule has 0 unspecified atom stereocenters. The third kappa shape index (κ3) is 2.24. The Kier molecular flexibility index (Phi) is 3.49. The van der Waals surface area contributed by atoms with Crippen LogP contribution in [-0.4, -0.2) is 36.1 Å². The van der Waals surface area contributed by atoms with E-state index in [0.717, 1.165) is 4.88 Å². The molecule has 0 aliphatic heterocycles. The Labute approximate surface area is 87.0 Å². The molecule has 3 N–H and O–H groups in total. The molecule has 0 aliphatic rings. The Morgan fingerprint density at radius 3 is 2.79 bits per heavy atom. The predicted octanol–water partition coefficient (Wildman–Crippen LogP) is 0.703. The molecule has 0 saturated heterocycles. The van der Waals surface area contributed by atoms with Gasteiger partial charge in [0.15, 0.2) is 0 Å². The summed E-state index contributed by atoms with van der Waals surface area (Å²) < 4.78 is 0. The molecule has 0 bridgehead atoms. The Morgan fingerprint density at radius 1 is 1.71 bits per heavy atom. The number of anilines is 1. The van der Waals surface area contributed by atoms with Crippen LogP contribution in [0.25, 0.3) is 0 Å². The second-order valence-corrected chi connectivity index (χ2v) is 4.33. The van der Waals surface area contributed by atoms with Crippen LogP contribution in [0, 0.1) is 6.92 Å². The molecule has 0 radical (unpaired) electrons. The van der Waals surface area contributed by atoms with Gasteiger partial charge in [0.05, 0.1) is 11.5 Å². The lowest BCUT2D eigenvalue weighted by Crippen LogP contribution is -2.28. The van der Waals surface area contributed by atoms with E-state index in [2.05, 4.69) is 0 Å². The van der Waals surface area contributed by atoms with Gasteiger partial charge in [-0.3, -0.25) is 4.79 Å². The van der Waals surface area contributed by atoms with Crippen molar-refractivity contribution in [2.45, 2.75) is 6.92 Å². The van der Waals surface area contributed by atoms with Crippen LogP contribution in [-0.2, 0) is 0 Å². The molecule has 0 aromatic carbocycles. The molecule has 1 heterocycles. The first-order chi connectivity index (χ1) is 6.56. The maximum absolute atomic E-state index is 11.7. The molecule has 0 atom stereocenters. The molecule has 14 heavy (non-hydrogen) atoms. The van der Waals surface area contributed by atoms with Gasteiger partial charge in [-0.15, -0.1) is 11.3 Å². The number of thiophene rings is 1. The minimum Gasteiger partial charge on any atom is -0.398 e. The molecular weight excluding hydrogens is 200 g/mol. The summed E-state index contributed by atoms with van der Waals surface area (Å²) in [6, 6.07) is 1.68. The van der Waals surface area contributed by atoms with Crippen molar-refractivity contribution in [2.24, 2.45) is 0 Å². The van der Waals surface area contributed by atoms with Crippen molar-refractivity contribution in [1.29, 1.82) is 0 Å². The Hall–Kier alpha value is -1.07. The minimum absolute atomic E-state index is 0.0257. The maximum atomic E-state index is 11.7. The van der Waals surface area contributed by atoms with Crippen molar-refractivity contribution in [1.82, 2.24) is 4.90 Å². The second-order valence-electron chi connectivity index (χ2n) is 3.07. The molecule has 1 aromatic heterocycles. The minimum atomic E-state index is -0.0937. The maximum Gasteiger partial charge on any atom is 0.263 e. The Bertz CT molecular complexity index is 316. The number of nitrogens with zero attached hydrogens (tertiary/aromatic N) is 1. The Morgan fingerprint density at radius 2 is 2.36 bits per heavy atom. The van der Waals surface area contributed by atoms with E-state index < -0.39 is 0 Å². The van der Waals surface area contributed by atoms with Crippen molar-refractivity contribution in [3.05, 3.63) is 15.8 Å². The zero-order chi connectivity index (χ0) is 10.7. The Balaban J connectivity index is 2.79. The van der Waals surface area contributed by atoms with E-state index in [-0.39, 0.29) is 12.5 Å². The number of aryl methyl sites for hydroxylation is 1. The van der Waals surface area contributed by atoms with Crippen LogP contribution in [0.2, 0.25) is 0 Å². The topological polar surface area (TPSA) is 66.6 Å². The molecule has 5 heteroatoms. The van der Waals surface area contributed by atoms with E-state index in [9.17, 15) is 4.79 Å². The molecule has 1 aromatic rings. The van der Waals surface area contributed by atoms with Crippen LogP contribution in [0.4, 0.5) is 5.69 Å². The number of hydrogen-bond acceptors (Lipinski definition) is 4. The van der Waals surface area contributed by atoms with Gasteiger partial charge in [0.25, 0.3) is 5.91 Å². The van der Waals surface area contributed by atoms with Gasteiger partial charge in [0.1, 0.15) is 0 Å². The molecule has 78 valence electrons. The van der Waals surface area contributed by atoms with Gasteiger partial charge in [0.2, 0.25) is 0 Å². The number of carbonyl (C=O) groups excluding carboxylic acids is 1. The normalized spacial score (nSPS) is 10.2. The summed E-state index contributed by atoms with van der Waals surface area (Å²) in [4.78, 5) is 14.7. The van der Waals surface area contributed by atoms with E-state index in [1.807, 2.05) is 6.92 Å². The lowest BCUT2D eigenvalue weighted by molar-refractivity contribution is 0.0771. The number of amides is 1. The van der Waals surface area contributed by atoms with Gasteiger partial charge in [-0.1, -0.05) is 0 Å².